The van der Waals surface area contributed by atoms with E-state index >= 15 is 0 Å². The van der Waals surface area contributed by atoms with Gasteiger partial charge in [-0.05, 0) is 24.8 Å². The number of carboxylic acid groups (broad SMARTS) is 1. The molecule has 1 aliphatic rings. The normalized spacial score (nSPS) is 41.5. The molecule has 4 heteroatoms. The maximum absolute atomic E-state index is 11.0. The van der Waals surface area contributed by atoms with Gasteiger partial charge in [-0.3, -0.25) is 0 Å². The Hall–Kier alpha value is -0.610. The Kier molecular flexibility index (Phi) is 4.11. The third kappa shape index (κ3) is 2.49. The highest BCUT2D eigenvalue weighted by molar-refractivity contribution is 5.72. The molecule has 0 aromatic rings. The summed E-state index contributed by atoms with van der Waals surface area (Å²) >= 11 is 0. The van der Waals surface area contributed by atoms with E-state index in [1.807, 2.05) is 14.0 Å². The lowest BCUT2D eigenvalue weighted by Crippen LogP contribution is -2.50. The van der Waals surface area contributed by atoms with Crippen LogP contribution >= 0.6 is 0 Å². The Labute approximate surface area is 91.0 Å². The number of carbonyl (C=O) groups is 1. The summed E-state index contributed by atoms with van der Waals surface area (Å²) in [5.41, 5.74) is 0. The topological polar surface area (TPSA) is 58.6 Å². The maximum atomic E-state index is 11.0. The second-order valence-corrected chi connectivity index (χ2v) is 4.57. The minimum atomic E-state index is -0.845. The molecule has 0 bridgehead atoms. The van der Waals surface area contributed by atoms with Crippen molar-refractivity contribution in [2.75, 3.05) is 13.6 Å². The molecule has 0 aromatic heterocycles. The van der Waals surface area contributed by atoms with Crippen molar-refractivity contribution in [3.63, 3.8) is 0 Å². The Morgan fingerprint density at radius 1 is 1.27 bits per heavy atom. The SMILES string of the molecule is CNCC1O[C@@H](C(=O)O)[C@H](C)[C@@H](C)[C@@H]1C. The number of aliphatic carboxylic acids is 1. The van der Waals surface area contributed by atoms with Gasteiger partial charge < -0.3 is 15.2 Å². The number of carboxylic acids is 1. The zero-order chi connectivity index (χ0) is 11.6. The van der Waals surface area contributed by atoms with Gasteiger partial charge in [-0.1, -0.05) is 20.8 Å². The highest BCUT2D eigenvalue weighted by Gasteiger charge is 2.41. The van der Waals surface area contributed by atoms with Gasteiger partial charge in [-0.15, -0.1) is 0 Å². The first-order valence-corrected chi connectivity index (χ1v) is 5.51. The van der Waals surface area contributed by atoms with Gasteiger partial charge in [0, 0.05) is 6.54 Å². The monoisotopic (exact) mass is 215 g/mol. The third-order valence-electron chi connectivity index (χ3n) is 3.69. The standard InChI is InChI=1S/C11H21NO3/c1-6-7(2)9(5-12-4)15-10(8(6)3)11(13)14/h6-10,12H,5H2,1-4H3,(H,13,14)/t6-,7-,8+,9?,10+/m0/s1. The van der Waals surface area contributed by atoms with Gasteiger partial charge in [-0.2, -0.15) is 0 Å². The van der Waals surface area contributed by atoms with E-state index in [1.165, 1.54) is 0 Å². The molecule has 0 aromatic carbocycles. The summed E-state index contributed by atoms with van der Waals surface area (Å²) in [6, 6.07) is 0. The van der Waals surface area contributed by atoms with Crippen LogP contribution in [0, 0.1) is 17.8 Å². The Balaban J connectivity index is 2.75. The molecule has 0 radical (unpaired) electrons. The molecule has 1 fully saturated rings. The second-order valence-electron chi connectivity index (χ2n) is 4.57. The van der Waals surface area contributed by atoms with Crippen LogP contribution in [-0.4, -0.2) is 36.9 Å². The molecular formula is C11H21NO3. The average Bonchev–Trinajstić information content (AvgIpc) is 2.18. The maximum Gasteiger partial charge on any atom is 0.333 e. The first-order chi connectivity index (χ1) is 6.99. The fourth-order valence-corrected chi connectivity index (χ4v) is 2.25. The number of hydrogen-bond donors (Lipinski definition) is 2. The molecule has 15 heavy (non-hydrogen) atoms. The van der Waals surface area contributed by atoms with Gasteiger partial charge in [0.15, 0.2) is 6.10 Å². The van der Waals surface area contributed by atoms with E-state index in [0.717, 1.165) is 0 Å². The number of nitrogens with one attached hydrogen (secondary N) is 1. The predicted molar refractivity (Wildman–Crippen MR) is 57.7 cm³/mol. The molecule has 1 saturated heterocycles. The van der Waals surface area contributed by atoms with Gasteiger partial charge in [0.25, 0.3) is 0 Å². The molecule has 0 aliphatic carbocycles. The van der Waals surface area contributed by atoms with Crippen LogP contribution in [0.2, 0.25) is 0 Å². The van der Waals surface area contributed by atoms with Gasteiger partial charge in [-0.25, -0.2) is 4.79 Å². The molecule has 0 saturated carbocycles. The molecule has 0 amide bonds. The Bertz CT molecular complexity index is 232. The molecule has 1 heterocycles. The van der Waals surface area contributed by atoms with Crippen LogP contribution in [0.3, 0.4) is 0 Å². The summed E-state index contributed by atoms with van der Waals surface area (Å²) in [5.74, 6) is -0.00536. The first-order valence-electron chi connectivity index (χ1n) is 5.51. The summed E-state index contributed by atoms with van der Waals surface area (Å²) < 4.78 is 5.62. The molecule has 1 aliphatic heterocycles. The van der Waals surface area contributed by atoms with Crippen LogP contribution < -0.4 is 5.32 Å². The summed E-state index contributed by atoms with van der Waals surface area (Å²) in [5, 5.41) is 12.1. The van der Waals surface area contributed by atoms with Gasteiger partial charge in [0.05, 0.1) is 6.10 Å². The van der Waals surface area contributed by atoms with Crippen LogP contribution in [0.4, 0.5) is 0 Å². The fraction of sp³-hybridized carbons (Fsp3) is 0.909. The third-order valence-corrected chi connectivity index (χ3v) is 3.69. The molecule has 88 valence electrons. The van der Waals surface area contributed by atoms with Gasteiger partial charge in [0.1, 0.15) is 0 Å². The summed E-state index contributed by atoms with van der Waals surface area (Å²) in [6.45, 7) is 6.90. The summed E-state index contributed by atoms with van der Waals surface area (Å²) in [7, 11) is 1.86. The van der Waals surface area contributed by atoms with E-state index in [2.05, 4.69) is 19.2 Å². The number of likely N-dealkylation sites (N-methyl/N-ethyl adjacent to an activating group) is 1. The number of ether oxygens (including phenoxy) is 1. The van der Waals surface area contributed by atoms with E-state index in [4.69, 9.17) is 9.84 Å². The number of hydrogen-bond acceptors (Lipinski definition) is 3. The van der Waals surface area contributed by atoms with Gasteiger partial charge >= 0.3 is 5.97 Å². The fourth-order valence-electron chi connectivity index (χ4n) is 2.25. The average molecular weight is 215 g/mol. The molecular weight excluding hydrogens is 194 g/mol. The minimum Gasteiger partial charge on any atom is -0.479 e. The zero-order valence-corrected chi connectivity index (χ0v) is 9.86. The highest BCUT2D eigenvalue weighted by Crippen LogP contribution is 2.34. The first kappa shape index (κ1) is 12.5. The summed E-state index contributed by atoms with van der Waals surface area (Å²) in [6.07, 6.45) is -0.656. The minimum absolute atomic E-state index is 0.00213. The molecule has 0 spiro atoms. The van der Waals surface area contributed by atoms with E-state index < -0.39 is 12.1 Å². The smallest absolute Gasteiger partial charge is 0.333 e. The van der Waals surface area contributed by atoms with Crippen LogP contribution in [0.1, 0.15) is 20.8 Å². The van der Waals surface area contributed by atoms with Crippen molar-refractivity contribution >= 4 is 5.97 Å². The molecule has 5 atom stereocenters. The molecule has 4 nitrogen and oxygen atoms in total. The van der Waals surface area contributed by atoms with Crippen molar-refractivity contribution in [3.8, 4) is 0 Å². The summed E-state index contributed by atoms with van der Waals surface area (Å²) in [4.78, 5) is 11.0. The van der Waals surface area contributed by atoms with Crippen LogP contribution in [0.5, 0.6) is 0 Å². The van der Waals surface area contributed by atoms with Crippen LogP contribution in [-0.2, 0) is 9.53 Å². The van der Waals surface area contributed by atoms with Crippen molar-refractivity contribution in [1.29, 1.82) is 0 Å². The lowest BCUT2D eigenvalue weighted by Gasteiger charge is -2.42. The van der Waals surface area contributed by atoms with Crippen molar-refractivity contribution in [3.05, 3.63) is 0 Å². The van der Waals surface area contributed by atoms with E-state index in [-0.39, 0.29) is 12.0 Å². The van der Waals surface area contributed by atoms with Crippen molar-refractivity contribution < 1.29 is 14.6 Å². The van der Waals surface area contributed by atoms with E-state index in [9.17, 15) is 4.79 Å². The number of rotatable bonds is 3. The highest BCUT2D eigenvalue weighted by atomic mass is 16.5. The van der Waals surface area contributed by atoms with E-state index in [0.29, 0.717) is 18.4 Å². The van der Waals surface area contributed by atoms with Crippen LogP contribution in [0.15, 0.2) is 0 Å². The van der Waals surface area contributed by atoms with Crippen LogP contribution in [0.25, 0.3) is 0 Å². The van der Waals surface area contributed by atoms with Gasteiger partial charge in [0.2, 0.25) is 0 Å². The lowest BCUT2D eigenvalue weighted by atomic mass is 9.76. The lowest BCUT2D eigenvalue weighted by molar-refractivity contribution is -0.177. The van der Waals surface area contributed by atoms with E-state index in [1.54, 1.807) is 0 Å². The Morgan fingerprint density at radius 3 is 2.33 bits per heavy atom. The molecule has 2 N–H and O–H groups in total. The van der Waals surface area contributed by atoms with Crippen molar-refractivity contribution in [1.82, 2.24) is 5.32 Å². The zero-order valence-electron chi connectivity index (χ0n) is 9.86. The largest absolute Gasteiger partial charge is 0.479 e. The van der Waals surface area contributed by atoms with Crippen molar-refractivity contribution in [2.45, 2.75) is 33.0 Å². The second kappa shape index (κ2) is 4.94. The Morgan fingerprint density at radius 2 is 1.87 bits per heavy atom. The van der Waals surface area contributed by atoms with Crippen molar-refractivity contribution in [2.24, 2.45) is 17.8 Å². The quantitative estimate of drug-likeness (QED) is 0.736. The molecule has 1 unspecified atom stereocenters. The molecule has 1 rings (SSSR count). The predicted octanol–water partition coefficient (Wildman–Crippen LogP) is 0.966.